The molecule has 276 valence electrons. The summed E-state index contributed by atoms with van der Waals surface area (Å²) in [6.45, 7) is 5.31. The van der Waals surface area contributed by atoms with Crippen LogP contribution in [0.25, 0.3) is 0 Å². The molecule has 16 nitrogen and oxygen atoms in total. The highest BCUT2D eigenvalue weighted by atomic mass is 16.7. The van der Waals surface area contributed by atoms with Gasteiger partial charge < -0.3 is 68.9 Å². The van der Waals surface area contributed by atoms with Gasteiger partial charge in [-0.3, -0.25) is 4.79 Å². The van der Waals surface area contributed by atoms with Crippen LogP contribution in [0.1, 0.15) is 50.9 Å². The predicted molar refractivity (Wildman–Crippen MR) is 167 cm³/mol. The number of aliphatic hydroxyl groups excluding tert-OH is 4. The monoisotopic (exact) mass is 700 g/mol. The summed E-state index contributed by atoms with van der Waals surface area (Å²) in [7, 11) is 2.56. The first kappa shape index (κ1) is 38.9. The number of aliphatic hydroxyl groups is 6. The smallest absolute Gasteiger partial charge is 0.338 e. The number of Topliss-reactive ketones (excluding diaryl/α,β-unsaturated/α-hetero) is 1. The average molecular weight is 701 g/mol. The molecule has 11 atom stereocenters. The molecule has 7 N–H and O–H groups in total. The molecule has 1 aliphatic carbocycles. The third-order valence-corrected chi connectivity index (χ3v) is 9.55. The van der Waals surface area contributed by atoms with Crippen LogP contribution in [0.3, 0.4) is 0 Å². The van der Waals surface area contributed by atoms with E-state index >= 15 is 0 Å². The lowest BCUT2D eigenvalue weighted by molar-refractivity contribution is -0.314. The largest absolute Gasteiger partial charge is 0.502 e. The Balaban J connectivity index is 1.33. The van der Waals surface area contributed by atoms with E-state index in [-0.39, 0.29) is 47.4 Å². The van der Waals surface area contributed by atoms with Crippen molar-refractivity contribution in [2.75, 3.05) is 34.0 Å². The number of hydrogen-bond donors (Lipinski definition) is 7. The van der Waals surface area contributed by atoms with Gasteiger partial charge in [-0.2, -0.15) is 0 Å². The Bertz CT molecular complexity index is 1340. The summed E-state index contributed by atoms with van der Waals surface area (Å²) in [4.78, 5) is 24.8. The zero-order valence-corrected chi connectivity index (χ0v) is 28.3. The molecule has 0 bridgehead atoms. The lowest BCUT2D eigenvalue weighted by Crippen LogP contribution is -2.60. The Kier molecular flexibility index (Phi) is 12.0. The molecule has 2 aliphatic heterocycles. The zero-order chi connectivity index (χ0) is 36.5. The van der Waals surface area contributed by atoms with Gasteiger partial charge in [0.1, 0.15) is 42.9 Å². The van der Waals surface area contributed by atoms with Gasteiger partial charge in [0.05, 0.1) is 44.7 Å². The summed E-state index contributed by atoms with van der Waals surface area (Å²) in [6.07, 6.45) is -8.11. The van der Waals surface area contributed by atoms with Crippen LogP contribution in [0.15, 0.2) is 24.3 Å². The highest BCUT2D eigenvalue weighted by molar-refractivity contribution is 5.91. The number of ketones is 1. The number of aromatic hydroxyl groups is 1. The van der Waals surface area contributed by atoms with Crippen LogP contribution in [0, 0.1) is 11.3 Å². The van der Waals surface area contributed by atoms with Crippen molar-refractivity contribution in [1.82, 2.24) is 0 Å². The van der Waals surface area contributed by atoms with E-state index in [0.29, 0.717) is 0 Å². The summed E-state index contributed by atoms with van der Waals surface area (Å²) in [5.41, 5.74) is -4.22. The third kappa shape index (κ3) is 8.04. The molecule has 1 saturated carbocycles. The highest BCUT2D eigenvalue weighted by Gasteiger charge is 2.52. The van der Waals surface area contributed by atoms with Crippen LogP contribution < -0.4 is 9.47 Å². The van der Waals surface area contributed by atoms with Crippen LogP contribution >= 0.6 is 0 Å². The molecule has 16 heteroatoms. The van der Waals surface area contributed by atoms with Gasteiger partial charge in [-0.25, -0.2) is 4.79 Å². The molecule has 0 amide bonds. The average Bonchev–Trinajstić information content (AvgIpc) is 3.33. The maximum Gasteiger partial charge on any atom is 0.338 e. The summed E-state index contributed by atoms with van der Waals surface area (Å²) in [6, 6.07) is 2.41. The Morgan fingerprint density at radius 1 is 1.04 bits per heavy atom. The van der Waals surface area contributed by atoms with Crippen molar-refractivity contribution in [3.8, 4) is 17.2 Å². The second-order valence-corrected chi connectivity index (χ2v) is 13.6. The van der Waals surface area contributed by atoms with Crippen LogP contribution in [-0.4, -0.2) is 142 Å². The summed E-state index contributed by atoms with van der Waals surface area (Å²) in [5, 5.41) is 74.9. The van der Waals surface area contributed by atoms with Crippen LogP contribution in [0.4, 0.5) is 0 Å². The number of ether oxygens (including phenoxy) is 7. The number of carbonyl (C=O) groups excluding carboxylic acids is 2. The van der Waals surface area contributed by atoms with E-state index in [4.69, 9.17) is 33.2 Å². The number of phenolic OH excluding ortho intramolecular Hbond substituents is 1. The third-order valence-electron chi connectivity index (χ3n) is 9.55. The molecule has 3 aliphatic rings. The number of carbonyl (C=O) groups is 2. The molecule has 0 radical (unpaired) electrons. The molecule has 1 aromatic carbocycles. The van der Waals surface area contributed by atoms with Gasteiger partial charge in [0.2, 0.25) is 5.75 Å². The molecule has 2 heterocycles. The topological polar surface area (TPSA) is 240 Å². The molecule has 0 spiro atoms. The van der Waals surface area contributed by atoms with Gasteiger partial charge in [-0.1, -0.05) is 32.9 Å². The zero-order valence-electron chi connectivity index (χ0n) is 28.3. The Hall–Kier alpha value is -2.90. The highest BCUT2D eigenvalue weighted by Crippen LogP contribution is 2.47. The summed E-state index contributed by atoms with van der Waals surface area (Å²) in [5.74, 6) is -1.65. The Morgan fingerprint density at radius 3 is 2.27 bits per heavy atom. The maximum absolute atomic E-state index is 12.7. The van der Waals surface area contributed by atoms with Gasteiger partial charge in [0.25, 0.3) is 0 Å². The minimum Gasteiger partial charge on any atom is -0.502 e. The van der Waals surface area contributed by atoms with E-state index in [2.05, 4.69) is 0 Å². The van der Waals surface area contributed by atoms with Crippen molar-refractivity contribution < 1.29 is 78.5 Å². The molecular weight excluding hydrogens is 652 g/mol. The van der Waals surface area contributed by atoms with Crippen molar-refractivity contribution in [3.05, 3.63) is 29.8 Å². The molecular formula is C33H48O16. The van der Waals surface area contributed by atoms with Crippen molar-refractivity contribution in [2.24, 2.45) is 11.3 Å². The minimum atomic E-state index is -2.09. The normalized spacial score (nSPS) is 36.9. The van der Waals surface area contributed by atoms with Gasteiger partial charge in [0, 0.05) is 18.3 Å². The van der Waals surface area contributed by atoms with Crippen molar-refractivity contribution >= 4 is 11.8 Å². The first-order valence-corrected chi connectivity index (χ1v) is 15.9. The molecule has 1 aromatic rings. The quantitative estimate of drug-likeness (QED) is 0.108. The SMILES string of the molecule is COc1cc(C(=O)OC[C@@]2(O)CO[C@@H](OC[C@H]3O[C@@H](O[C@H](C)/C=C/[C@@]4(O)[C@H](C)CC(=O)CC4(C)C)[C@H](O)[C@@H](O)[C@@H]3O)[C@@H]2O)cc(OC)c1O. The molecule has 0 aromatic heterocycles. The first-order valence-electron chi connectivity index (χ1n) is 15.9. The van der Waals surface area contributed by atoms with Crippen LogP contribution in [0.2, 0.25) is 0 Å². The van der Waals surface area contributed by atoms with E-state index in [1.807, 2.05) is 0 Å². The molecule has 0 unspecified atom stereocenters. The predicted octanol–water partition coefficient (Wildman–Crippen LogP) is -0.444. The fraction of sp³-hybridized carbons (Fsp3) is 0.697. The lowest BCUT2D eigenvalue weighted by atomic mass is 9.60. The van der Waals surface area contributed by atoms with Gasteiger partial charge in [0.15, 0.2) is 29.7 Å². The Labute approximate surface area is 283 Å². The number of rotatable bonds is 12. The maximum atomic E-state index is 12.7. The van der Waals surface area contributed by atoms with E-state index < -0.39 is 91.6 Å². The lowest BCUT2D eigenvalue weighted by Gasteiger charge is -2.48. The number of hydrogen-bond acceptors (Lipinski definition) is 16. The number of methoxy groups -OCH3 is 2. The van der Waals surface area contributed by atoms with E-state index in [1.165, 1.54) is 26.4 Å². The second kappa shape index (κ2) is 15.1. The van der Waals surface area contributed by atoms with Gasteiger partial charge in [-0.15, -0.1) is 0 Å². The van der Waals surface area contributed by atoms with Gasteiger partial charge in [-0.05, 0) is 25.0 Å². The van der Waals surface area contributed by atoms with E-state index in [1.54, 1.807) is 39.8 Å². The second-order valence-electron chi connectivity index (χ2n) is 13.6. The van der Waals surface area contributed by atoms with Gasteiger partial charge >= 0.3 is 5.97 Å². The number of esters is 1. The molecule has 3 fully saturated rings. The van der Waals surface area contributed by atoms with E-state index in [9.17, 15) is 45.3 Å². The first-order chi connectivity index (χ1) is 22.9. The molecule has 49 heavy (non-hydrogen) atoms. The fourth-order valence-corrected chi connectivity index (χ4v) is 6.36. The number of benzene rings is 1. The molecule has 4 rings (SSSR count). The minimum absolute atomic E-state index is 0.0542. The summed E-state index contributed by atoms with van der Waals surface area (Å²) < 4.78 is 37.7. The molecule has 2 saturated heterocycles. The van der Waals surface area contributed by atoms with Crippen molar-refractivity contribution in [1.29, 1.82) is 0 Å². The van der Waals surface area contributed by atoms with Crippen molar-refractivity contribution in [3.63, 3.8) is 0 Å². The van der Waals surface area contributed by atoms with Crippen LogP contribution in [-0.2, 0) is 28.5 Å². The standard InChI is InChI=1S/C33H48O16/c1-16-9-19(34)12-31(3,4)33(16,42)8-7-17(2)48-29-26(38)25(37)24(36)22(49-29)13-45-30-27(39)32(41,15-47-30)14-46-28(40)18-10-20(43-5)23(35)21(11-18)44-6/h7-8,10-11,16-17,22,24-27,29-30,35-39,41-42H,9,12-15H2,1-6H3/b8-7+/t16-,17-,22-,24-,25+,26-,27+,29-,30-,32-,33-/m1/s1. The number of phenols is 1. The van der Waals surface area contributed by atoms with Crippen molar-refractivity contribution in [2.45, 2.75) is 101 Å². The van der Waals surface area contributed by atoms with E-state index in [0.717, 1.165) is 0 Å². The Morgan fingerprint density at radius 2 is 1.67 bits per heavy atom. The fourth-order valence-electron chi connectivity index (χ4n) is 6.36. The van der Waals surface area contributed by atoms with Crippen LogP contribution in [0.5, 0.6) is 17.2 Å². The summed E-state index contributed by atoms with van der Waals surface area (Å²) >= 11 is 0.